The molecule has 0 aromatic heterocycles. The Morgan fingerprint density at radius 2 is 2.00 bits per heavy atom. The zero-order chi connectivity index (χ0) is 17.5. The van der Waals surface area contributed by atoms with E-state index < -0.39 is 20.4 Å². The lowest BCUT2D eigenvalue weighted by atomic mass is 9.99. The van der Waals surface area contributed by atoms with Crippen LogP contribution in [0.25, 0.3) is 0 Å². The van der Waals surface area contributed by atoms with Gasteiger partial charge >= 0.3 is 0 Å². The molecule has 1 aliphatic heterocycles. The molecule has 0 atom stereocenters. The average Bonchev–Trinajstić information content (AvgIpc) is 2.53. The highest BCUT2D eigenvalue weighted by Gasteiger charge is 2.25. The fourth-order valence-corrected chi connectivity index (χ4v) is 4.08. The highest BCUT2D eigenvalue weighted by atomic mass is 35.5. The molecule has 0 saturated heterocycles. The van der Waals surface area contributed by atoms with E-state index in [9.17, 15) is 18.5 Å². The first-order valence-electron chi connectivity index (χ1n) is 7.27. The molecule has 8 heteroatoms. The quantitative estimate of drug-likeness (QED) is 0.615. The normalized spacial score (nSPS) is 14.3. The highest BCUT2D eigenvalue weighted by Crippen LogP contribution is 2.33. The largest absolute Gasteiger partial charge is 0.367 e. The molecule has 0 saturated carbocycles. The maximum absolute atomic E-state index is 11.9. The Morgan fingerprint density at radius 1 is 1.25 bits per heavy atom. The van der Waals surface area contributed by atoms with Gasteiger partial charge in [0.05, 0.1) is 4.92 Å². The Hall–Kier alpha value is -2.12. The first-order valence-corrected chi connectivity index (χ1v) is 9.54. The second-order valence-corrected chi connectivity index (χ2v) is 8.12. The average molecular weight is 367 g/mol. The Morgan fingerprint density at radius 3 is 2.67 bits per heavy atom. The minimum Gasteiger partial charge on any atom is -0.367 e. The number of hydrogen-bond acceptors (Lipinski definition) is 5. The third-order valence-corrected chi connectivity index (χ3v) is 5.59. The summed E-state index contributed by atoms with van der Waals surface area (Å²) >= 11 is 6.20. The molecular formula is C16H15ClN2O4S. The highest BCUT2D eigenvalue weighted by molar-refractivity contribution is 7.90. The minimum absolute atomic E-state index is 0.262. The molecule has 0 aliphatic carbocycles. The van der Waals surface area contributed by atoms with E-state index >= 15 is 0 Å². The predicted molar refractivity (Wildman–Crippen MR) is 92.4 cm³/mol. The van der Waals surface area contributed by atoms with Crippen molar-refractivity contribution in [2.45, 2.75) is 17.9 Å². The summed E-state index contributed by atoms with van der Waals surface area (Å²) in [5.41, 5.74) is 2.42. The number of fused-ring (bicyclic) bond motifs is 1. The van der Waals surface area contributed by atoms with Gasteiger partial charge in [-0.3, -0.25) is 10.1 Å². The number of halogens is 1. The summed E-state index contributed by atoms with van der Waals surface area (Å²) in [5, 5.41) is 11.8. The van der Waals surface area contributed by atoms with E-state index in [1.165, 1.54) is 12.1 Å². The molecule has 126 valence electrons. The molecule has 24 heavy (non-hydrogen) atoms. The molecule has 0 N–H and O–H groups in total. The topological polar surface area (TPSA) is 80.5 Å². The van der Waals surface area contributed by atoms with Gasteiger partial charge in [-0.1, -0.05) is 23.7 Å². The van der Waals surface area contributed by atoms with Crippen LogP contribution in [0, 0.1) is 10.1 Å². The molecule has 0 spiro atoms. The summed E-state index contributed by atoms with van der Waals surface area (Å²) in [4.78, 5) is 12.1. The van der Waals surface area contributed by atoms with Gasteiger partial charge in [-0.05, 0) is 35.7 Å². The molecule has 1 heterocycles. The fraction of sp³-hybridized carbons (Fsp3) is 0.250. The number of hydrogen-bond donors (Lipinski definition) is 0. The van der Waals surface area contributed by atoms with Crippen molar-refractivity contribution in [3.63, 3.8) is 0 Å². The summed E-state index contributed by atoms with van der Waals surface area (Å²) in [6.07, 6.45) is 1.71. The van der Waals surface area contributed by atoms with E-state index in [2.05, 4.69) is 0 Å². The van der Waals surface area contributed by atoms with E-state index in [-0.39, 0.29) is 4.90 Å². The molecule has 0 unspecified atom stereocenters. The van der Waals surface area contributed by atoms with Crippen molar-refractivity contribution >= 4 is 32.8 Å². The number of sulfone groups is 1. The number of nitrogens with zero attached hydrogens (tertiary/aromatic N) is 2. The molecule has 1 aliphatic rings. The zero-order valence-electron chi connectivity index (χ0n) is 12.9. The van der Waals surface area contributed by atoms with Gasteiger partial charge in [-0.25, -0.2) is 8.42 Å². The van der Waals surface area contributed by atoms with Crippen LogP contribution < -0.4 is 4.90 Å². The van der Waals surface area contributed by atoms with Crippen molar-refractivity contribution in [3.8, 4) is 0 Å². The molecule has 3 rings (SSSR count). The van der Waals surface area contributed by atoms with Crippen LogP contribution in [0.4, 0.5) is 11.4 Å². The van der Waals surface area contributed by atoms with Gasteiger partial charge in [-0.2, -0.15) is 0 Å². The van der Waals surface area contributed by atoms with Crippen molar-refractivity contribution in [2.75, 3.05) is 17.7 Å². The maximum atomic E-state index is 11.9. The molecule has 0 radical (unpaired) electrons. The minimum atomic E-state index is -3.70. The summed E-state index contributed by atoms with van der Waals surface area (Å²) in [6, 6.07) is 9.92. The van der Waals surface area contributed by atoms with Gasteiger partial charge in [-0.15, -0.1) is 0 Å². The lowest BCUT2D eigenvalue weighted by molar-refractivity contribution is -0.387. The number of rotatable bonds is 3. The SMILES string of the molecule is CS(=O)(=O)c1cc(N2CCc3c(Cl)cccc3C2)ccc1[N+](=O)[O-]. The van der Waals surface area contributed by atoms with Gasteiger partial charge in [0.25, 0.3) is 5.69 Å². The third kappa shape index (κ3) is 3.09. The van der Waals surface area contributed by atoms with Crippen molar-refractivity contribution in [3.05, 3.63) is 62.7 Å². The fourth-order valence-electron chi connectivity index (χ4n) is 2.93. The van der Waals surface area contributed by atoms with Crippen molar-refractivity contribution in [1.29, 1.82) is 0 Å². The van der Waals surface area contributed by atoms with Crippen LogP contribution >= 0.6 is 11.6 Å². The smallest absolute Gasteiger partial charge is 0.288 e. The van der Waals surface area contributed by atoms with E-state index in [0.717, 1.165) is 28.8 Å². The zero-order valence-corrected chi connectivity index (χ0v) is 14.5. The summed E-state index contributed by atoms with van der Waals surface area (Å²) in [7, 11) is -3.70. The summed E-state index contributed by atoms with van der Waals surface area (Å²) < 4.78 is 23.8. The number of nitro groups is 1. The van der Waals surface area contributed by atoms with Crippen LogP contribution in [-0.4, -0.2) is 26.1 Å². The first kappa shape index (κ1) is 16.7. The van der Waals surface area contributed by atoms with Crippen LogP contribution in [-0.2, 0) is 22.8 Å². The first-order chi connectivity index (χ1) is 11.3. The Labute approximate surface area is 144 Å². The van der Waals surface area contributed by atoms with Crippen molar-refractivity contribution in [2.24, 2.45) is 0 Å². The number of nitro benzene ring substituents is 1. The lowest BCUT2D eigenvalue weighted by Crippen LogP contribution is -2.30. The summed E-state index contributed by atoms with van der Waals surface area (Å²) in [5.74, 6) is 0. The Balaban J connectivity index is 2.01. The van der Waals surface area contributed by atoms with Gasteiger partial charge in [0.2, 0.25) is 0 Å². The molecule has 2 aromatic rings. The monoisotopic (exact) mass is 366 g/mol. The van der Waals surface area contributed by atoms with E-state index in [4.69, 9.17) is 11.6 Å². The number of anilines is 1. The second-order valence-electron chi connectivity index (χ2n) is 5.73. The van der Waals surface area contributed by atoms with E-state index in [1.54, 1.807) is 6.07 Å². The Kier molecular flexibility index (Phi) is 4.23. The lowest BCUT2D eigenvalue weighted by Gasteiger charge is -2.31. The van der Waals surface area contributed by atoms with Gasteiger partial charge in [0.15, 0.2) is 9.84 Å². The van der Waals surface area contributed by atoms with Gasteiger partial charge in [0.1, 0.15) is 4.90 Å². The molecule has 0 fully saturated rings. The van der Waals surface area contributed by atoms with Crippen LogP contribution in [0.5, 0.6) is 0 Å². The van der Waals surface area contributed by atoms with Crippen LogP contribution in [0.15, 0.2) is 41.3 Å². The molecular weight excluding hydrogens is 352 g/mol. The van der Waals surface area contributed by atoms with Crippen LogP contribution in [0.1, 0.15) is 11.1 Å². The molecule has 0 bridgehead atoms. The standard InChI is InChI=1S/C16H15ClN2O4S/c1-24(22,23)16-9-12(5-6-15(16)19(20)21)18-8-7-13-11(10-18)3-2-4-14(13)17/h2-6,9H,7-8,10H2,1H3. The van der Waals surface area contributed by atoms with Crippen molar-refractivity contribution in [1.82, 2.24) is 0 Å². The second kappa shape index (κ2) is 6.07. The van der Waals surface area contributed by atoms with E-state index in [0.29, 0.717) is 18.8 Å². The number of benzene rings is 2. The molecule has 2 aromatic carbocycles. The maximum Gasteiger partial charge on any atom is 0.288 e. The van der Waals surface area contributed by atoms with Crippen molar-refractivity contribution < 1.29 is 13.3 Å². The molecule has 6 nitrogen and oxygen atoms in total. The molecule has 0 amide bonds. The third-order valence-electron chi connectivity index (χ3n) is 4.11. The van der Waals surface area contributed by atoms with Gasteiger partial charge < -0.3 is 4.90 Å². The van der Waals surface area contributed by atoms with Crippen LogP contribution in [0.2, 0.25) is 5.02 Å². The summed E-state index contributed by atoms with van der Waals surface area (Å²) in [6.45, 7) is 1.24. The Bertz CT molecular complexity index is 928. The van der Waals surface area contributed by atoms with Crippen LogP contribution in [0.3, 0.4) is 0 Å². The van der Waals surface area contributed by atoms with Gasteiger partial charge in [0, 0.05) is 36.1 Å². The van der Waals surface area contributed by atoms with E-state index in [1.807, 2.05) is 23.1 Å². The predicted octanol–water partition coefficient (Wildman–Crippen LogP) is 3.21.